The van der Waals surface area contributed by atoms with Gasteiger partial charge in [0.1, 0.15) is 27.5 Å². The number of carbonyl (C=O) groups excluding carboxylic acids is 3. The summed E-state index contributed by atoms with van der Waals surface area (Å²) in [5.41, 5.74) is 4.82. The molecule has 5 rings (SSSR count). The van der Waals surface area contributed by atoms with Crippen LogP contribution in [0.1, 0.15) is 45.8 Å². The van der Waals surface area contributed by atoms with Crippen molar-refractivity contribution in [3.8, 4) is 5.75 Å². The van der Waals surface area contributed by atoms with Gasteiger partial charge in [0.2, 0.25) is 11.8 Å². The van der Waals surface area contributed by atoms with E-state index < -0.39 is 17.3 Å². The molecule has 2 unspecified atom stereocenters. The van der Waals surface area contributed by atoms with Gasteiger partial charge in [0.15, 0.2) is 15.7 Å². The topological polar surface area (TPSA) is 88.2 Å². The predicted octanol–water partition coefficient (Wildman–Crippen LogP) is -2.87. The van der Waals surface area contributed by atoms with Crippen molar-refractivity contribution < 1.29 is 23.9 Å². The molecule has 0 bridgehead atoms. The molecule has 2 aromatic rings. The molecule has 1 N–H and O–H groups in total. The second kappa shape index (κ2) is 10.1. The van der Waals surface area contributed by atoms with E-state index in [9.17, 15) is 14.4 Å². The van der Waals surface area contributed by atoms with E-state index in [-0.39, 0.29) is 24.8 Å². The van der Waals surface area contributed by atoms with E-state index in [2.05, 4.69) is 44.1 Å². The molecule has 2 saturated heterocycles. The lowest BCUT2D eigenvalue weighted by Crippen LogP contribution is -2.52. The Bertz CT molecular complexity index is 1250. The van der Waals surface area contributed by atoms with E-state index in [4.69, 9.17) is 9.47 Å². The summed E-state index contributed by atoms with van der Waals surface area (Å²) in [6.07, 6.45) is 0.562. The zero-order valence-electron chi connectivity index (χ0n) is 22.0. The molecule has 12 heteroatoms. The van der Waals surface area contributed by atoms with Crippen LogP contribution in [-0.4, -0.2) is 91.3 Å². The lowest BCUT2D eigenvalue weighted by Gasteiger charge is -2.34. The first-order valence-electron chi connectivity index (χ1n) is 13.0. The molecular formula is C25H31B4N3O5. The minimum atomic E-state index is -0.651. The molecule has 3 heterocycles. The number of imide groups is 1. The summed E-state index contributed by atoms with van der Waals surface area (Å²) in [6.45, 7) is 3.69. The Morgan fingerprint density at radius 2 is 1.86 bits per heavy atom. The quantitative estimate of drug-likeness (QED) is 0.342. The zero-order valence-corrected chi connectivity index (χ0v) is 22.0. The molecule has 8 nitrogen and oxygen atoms in total. The van der Waals surface area contributed by atoms with E-state index in [0.29, 0.717) is 23.7 Å². The smallest absolute Gasteiger partial charge is 0.255 e. The van der Waals surface area contributed by atoms with Gasteiger partial charge >= 0.3 is 0 Å². The maximum atomic E-state index is 13.2. The standard InChI is InChI=1S/C25H31B4N3O5/c26-18-12-14(22(27)31-8-10-36-11-9-31)4-5-17(18)25(28,29)37-20-3-1-2-15-16(20)13-32(24(15)35)19-6-7-21(33)30-23(19)34/h1-5,12,19,22H,6-11,13,26-29H2,(H,30,33,34). The van der Waals surface area contributed by atoms with Crippen molar-refractivity contribution in [3.05, 3.63) is 58.7 Å². The highest BCUT2D eigenvalue weighted by atomic mass is 16.5. The molecule has 0 saturated carbocycles. The van der Waals surface area contributed by atoms with Crippen LogP contribution in [0.25, 0.3) is 0 Å². The maximum Gasteiger partial charge on any atom is 0.255 e. The molecule has 0 aromatic heterocycles. The average molecular weight is 497 g/mol. The Labute approximate surface area is 221 Å². The number of nitrogens with one attached hydrogen (secondary N) is 1. The van der Waals surface area contributed by atoms with Crippen LogP contribution in [0, 0.1) is 0 Å². The van der Waals surface area contributed by atoms with E-state index in [1.807, 2.05) is 27.8 Å². The van der Waals surface area contributed by atoms with Crippen LogP contribution in [-0.2, 0) is 26.3 Å². The Kier molecular flexibility index (Phi) is 6.98. The Morgan fingerprint density at radius 1 is 1.11 bits per heavy atom. The largest absolute Gasteiger partial charge is 0.501 e. The Hall–Kier alpha value is -2.97. The van der Waals surface area contributed by atoms with E-state index in [1.165, 1.54) is 5.56 Å². The van der Waals surface area contributed by atoms with Crippen LogP contribution in [0.2, 0.25) is 0 Å². The van der Waals surface area contributed by atoms with Crippen molar-refractivity contribution in [2.24, 2.45) is 0 Å². The van der Waals surface area contributed by atoms with Gasteiger partial charge in [-0.25, -0.2) is 0 Å². The fourth-order valence-electron chi connectivity index (χ4n) is 5.78. The number of benzene rings is 2. The van der Waals surface area contributed by atoms with Crippen LogP contribution in [0.4, 0.5) is 0 Å². The first kappa shape index (κ1) is 25.7. The zero-order chi connectivity index (χ0) is 26.3. The first-order valence-corrected chi connectivity index (χ1v) is 13.0. The van der Waals surface area contributed by atoms with E-state index >= 15 is 0 Å². The Balaban J connectivity index is 1.36. The molecule has 37 heavy (non-hydrogen) atoms. The molecule has 2 fully saturated rings. The van der Waals surface area contributed by atoms with Gasteiger partial charge in [0, 0.05) is 36.6 Å². The van der Waals surface area contributed by atoms with Crippen molar-refractivity contribution in [1.29, 1.82) is 0 Å². The van der Waals surface area contributed by atoms with E-state index in [0.717, 1.165) is 42.9 Å². The number of morpholine rings is 1. The molecule has 3 aliphatic rings. The summed E-state index contributed by atoms with van der Waals surface area (Å²) in [4.78, 5) is 41.2. The fourth-order valence-corrected chi connectivity index (χ4v) is 5.78. The third-order valence-electron chi connectivity index (χ3n) is 7.88. The first-order chi connectivity index (χ1) is 17.7. The highest BCUT2D eigenvalue weighted by molar-refractivity contribution is 6.42. The van der Waals surface area contributed by atoms with Gasteiger partial charge in [0.05, 0.1) is 25.2 Å². The number of fused-ring (bicyclic) bond motifs is 1. The van der Waals surface area contributed by atoms with Gasteiger partial charge in [-0.3, -0.25) is 24.6 Å². The number of hydrogen-bond acceptors (Lipinski definition) is 6. The van der Waals surface area contributed by atoms with Gasteiger partial charge in [-0.15, -0.1) is 0 Å². The van der Waals surface area contributed by atoms with Gasteiger partial charge < -0.3 is 14.4 Å². The number of hydrogen-bond donors (Lipinski definition) is 1. The molecule has 188 valence electrons. The van der Waals surface area contributed by atoms with Crippen molar-refractivity contribution in [2.75, 3.05) is 26.3 Å². The SMILES string of the molecule is Bc1cc(C(B)N2CCOCC2)ccc1C(B)(B)Oc1cccc2c1CN(C1CCC(=O)NC1=O)C2=O. The summed E-state index contributed by atoms with van der Waals surface area (Å²) >= 11 is 0. The molecule has 3 amide bonds. The van der Waals surface area contributed by atoms with Gasteiger partial charge in [0.25, 0.3) is 5.91 Å². The van der Waals surface area contributed by atoms with Crippen LogP contribution in [0.5, 0.6) is 5.75 Å². The Morgan fingerprint density at radius 3 is 2.57 bits per heavy atom. The summed E-state index contributed by atoms with van der Waals surface area (Å²) in [5.74, 6) is 0.0303. The molecule has 0 spiro atoms. The molecule has 0 radical (unpaired) electrons. The lowest BCUT2D eigenvalue weighted by molar-refractivity contribution is -0.136. The third kappa shape index (κ3) is 4.97. The van der Waals surface area contributed by atoms with Crippen molar-refractivity contribution in [2.45, 2.75) is 36.8 Å². The molecule has 0 aliphatic carbocycles. The van der Waals surface area contributed by atoms with Crippen LogP contribution in [0.15, 0.2) is 36.4 Å². The average Bonchev–Trinajstić information content (AvgIpc) is 3.21. The molecule has 2 atom stereocenters. The van der Waals surface area contributed by atoms with Crippen LogP contribution < -0.4 is 15.5 Å². The van der Waals surface area contributed by atoms with Gasteiger partial charge in [-0.05, 0) is 29.7 Å². The van der Waals surface area contributed by atoms with Crippen molar-refractivity contribution in [1.82, 2.24) is 15.1 Å². The number of nitrogens with zero attached hydrogens (tertiary/aromatic N) is 2. The number of amides is 3. The van der Waals surface area contributed by atoms with Crippen LogP contribution in [0.3, 0.4) is 0 Å². The van der Waals surface area contributed by atoms with Crippen molar-refractivity contribution in [3.63, 3.8) is 0 Å². The number of ether oxygens (including phenoxy) is 2. The minimum absolute atomic E-state index is 0.203. The molecule has 3 aliphatic heterocycles. The lowest BCUT2D eigenvalue weighted by atomic mass is 9.58. The fraction of sp³-hybridized carbons (Fsp3) is 0.400. The van der Waals surface area contributed by atoms with E-state index in [1.54, 1.807) is 11.0 Å². The van der Waals surface area contributed by atoms with Crippen molar-refractivity contribution >= 4 is 54.6 Å². The summed E-state index contributed by atoms with van der Waals surface area (Å²) in [6, 6.07) is 11.4. The highest BCUT2D eigenvalue weighted by Gasteiger charge is 2.40. The predicted molar refractivity (Wildman–Crippen MR) is 150 cm³/mol. The molecular weight excluding hydrogens is 466 g/mol. The summed E-state index contributed by atoms with van der Waals surface area (Å²) < 4.78 is 12.1. The maximum absolute atomic E-state index is 13.2. The molecule has 2 aromatic carbocycles. The highest BCUT2D eigenvalue weighted by Crippen LogP contribution is 2.36. The monoisotopic (exact) mass is 497 g/mol. The number of piperidine rings is 1. The van der Waals surface area contributed by atoms with Gasteiger partial charge in [-0.2, -0.15) is 0 Å². The van der Waals surface area contributed by atoms with Crippen LogP contribution >= 0.6 is 0 Å². The number of carbonyl (C=O) groups is 3. The third-order valence-corrected chi connectivity index (χ3v) is 7.88. The number of rotatable bonds is 6. The summed E-state index contributed by atoms with van der Waals surface area (Å²) in [5, 5.41) is 1.71. The second-order valence-electron chi connectivity index (χ2n) is 10.7. The second-order valence-corrected chi connectivity index (χ2v) is 10.7. The minimum Gasteiger partial charge on any atom is -0.501 e. The summed E-state index contributed by atoms with van der Waals surface area (Å²) in [7, 11) is 8.42. The van der Waals surface area contributed by atoms with Gasteiger partial charge in [-0.1, -0.05) is 29.7 Å². The normalized spacial score (nSPS) is 21.5.